The van der Waals surface area contributed by atoms with Crippen molar-refractivity contribution in [2.24, 2.45) is 5.41 Å². The summed E-state index contributed by atoms with van der Waals surface area (Å²) in [4.78, 5) is 12.9. The first kappa shape index (κ1) is 25.2. The summed E-state index contributed by atoms with van der Waals surface area (Å²) in [7, 11) is 0. The van der Waals surface area contributed by atoms with Crippen molar-refractivity contribution in [2.75, 3.05) is 18.0 Å². The lowest BCUT2D eigenvalue weighted by Crippen LogP contribution is -2.62. The Hall–Kier alpha value is -3.14. The molecule has 0 unspecified atom stereocenters. The van der Waals surface area contributed by atoms with Crippen LogP contribution >= 0.6 is 11.6 Å². The van der Waals surface area contributed by atoms with Gasteiger partial charge in [-0.25, -0.2) is 4.98 Å². The second kappa shape index (κ2) is 8.97. The number of fused-ring (bicyclic) bond motifs is 3. The third-order valence-corrected chi connectivity index (χ3v) is 8.47. The highest BCUT2D eigenvalue weighted by Crippen LogP contribution is 2.56. The third-order valence-electron chi connectivity index (χ3n) is 8.24. The molecular formula is C27H29ClF3N7. The van der Waals surface area contributed by atoms with Crippen LogP contribution in [0.1, 0.15) is 61.9 Å². The molecule has 6 rings (SSSR count). The average molecular weight is 544 g/mol. The minimum atomic E-state index is -4.39. The quantitative estimate of drug-likeness (QED) is 0.404. The standard InChI is InChI=1S/C27H29ClF3N7/c1-4-21(16(2)27(29,30)31)36-12-18-9-20(28)5-6-22(18)38-23(13-36)34-35-25(38)19-10-26(11-19)14-37(15-26)24-17(3)32-7-8-33-24/h5-9,19H,4,10-15H2,1-3H3/b21-16+. The molecule has 0 amide bonds. The third kappa shape index (κ3) is 4.13. The predicted molar refractivity (Wildman–Crippen MR) is 138 cm³/mol. The smallest absolute Gasteiger partial charge is 0.363 e. The first-order valence-corrected chi connectivity index (χ1v) is 13.2. The van der Waals surface area contributed by atoms with Gasteiger partial charge in [-0.05, 0) is 56.9 Å². The summed E-state index contributed by atoms with van der Waals surface area (Å²) in [5.41, 5.74) is 2.59. The molecule has 2 fully saturated rings. The van der Waals surface area contributed by atoms with Crippen LogP contribution in [0.5, 0.6) is 0 Å². The van der Waals surface area contributed by atoms with Crippen LogP contribution in [0.3, 0.4) is 0 Å². The fourth-order valence-electron chi connectivity index (χ4n) is 6.42. The van der Waals surface area contributed by atoms with Gasteiger partial charge in [0, 0.05) is 59.7 Å². The van der Waals surface area contributed by atoms with E-state index in [0.717, 1.165) is 61.4 Å². The number of hydrogen-bond acceptors (Lipinski definition) is 6. The highest BCUT2D eigenvalue weighted by Gasteiger charge is 2.54. The normalized spacial score (nSPS) is 19.3. The lowest BCUT2D eigenvalue weighted by Gasteiger charge is -2.59. The molecule has 2 aromatic heterocycles. The molecule has 1 saturated carbocycles. The summed E-state index contributed by atoms with van der Waals surface area (Å²) in [6.07, 6.45) is 1.27. The summed E-state index contributed by atoms with van der Waals surface area (Å²) in [6, 6.07) is 5.59. The topological polar surface area (TPSA) is 63.0 Å². The van der Waals surface area contributed by atoms with Crippen molar-refractivity contribution in [2.45, 2.75) is 65.2 Å². The fraction of sp³-hybridized carbons (Fsp3) is 0.481. The van der Waals surface area contributed by atoms with E-state index in [0.29, 0.717) is 17.4 Å². The van der Waals surface area contributed by atoms with E-state index in [4.69, 9.17) is 11.6 Å². The van der Waals surface area contributed by atoms with Gasteiger partial charge in [0.15, 0.2) is 5.82 Å². The van der Waals surface area contributed by atoms with Gasteiger partial charge in [0.25, 0.3) is 0 Å². The van der Waals surface area contributed by atoms with Gasteiger partial charge < -0.3 is 9.80 Å². The molecule has 0 atom stereocenters. The van der Waals surface area contributed by atoms with Crippen molar-refractivity contribution >= 4 is 17.4 Å². The molecule has 0 bridgehead atoms. The number of aromatic nitrogens is 5. The van der Waals surface area contributed by atoms with E-state index in [-0.39, 0.29) is 30.0 Å². The number of allylic oxidation sites excluding steroid dienone is 2. The molecule has 0 N–H and O–H groups in total. The number of hydrogen-bond donors (Lipinski definition) is 0. The van der Waals surface area contributed by atoms with Gasteiger partial charge in [-0.3, -0.25) is 9.55 Å². The van der Waals surface area contributed by atoms with Crippen molar-refractivity contribution in [1.82, 2.24) is 29.6 Å². The van der Waals surface area contributed by atoms with Gasteiger partial charge >= 0.3 is 6.18 Å². The molecule has 4 heterocycles. The summed E-state index contributed by atoms with van der Waals surface area (Å²) in [5, 5.41) is 9.64. The Morgan fingerprint density at radius 1 is 1.11 bits per heavy atom. The Morgan fingerprint density at radius 3 is 2.53 bits per heavy atom. The van der Waals surface area contributed by atoms with Crippen molar-refractivity contribution in [3.8, 4) is 5.69 Å². The summed E-state index contributed by atoms with van der Waals surface area (Å²) < 4.78 is 43.1. The second-order valence-electron chi connectivity index (χ2n) is 10.8. The first-order chi connectivity index (χ1) is 18.1. The SMILES string of the molecule is CC/C(=C(/C)C(F)(F)F)N1Cc2cc(Cl)ccc2-n2c(nnc2C2CC3(C2)CN(c2nccnc2C)C3)C1. The van der Waals surface area contributed by atoms with E-state index in [1.807, 2.05) is 25.1 Å². The number of rotatable bonds is 4. The van der Waals surface area contributed by atoms with Gasteiger partial charge in [-0.15, -0.1) is 10.2 Å². The van der Waals surface area contributed by atoms with Gasteiger partial charge in [0.05, 0.1) is 17.9 Å². The van der Waals surface area contributed by atoms with Crippen LogP contribution in [0.15, 0.2) is 41.9 Å². The van der Waals surface area contributed by atoms with Crippen molar-refractivity contribution in [3.05, 3.63) is 69.8 Å². The van der Waals surface area contributed by atoms with Gasteiger partial charge in [0.1, 0.15) is 11.6 Å². The van der Waals surface area contributed by atoms with Crippen molar-refractivity contribution in [1.29, 1.82) is 0 Å². The summed E-state index contributed by atoms with van der Waals surface area (Å²) in [5.74, 6) is 2.69. The van der Waals surface area contributed by atoms with E-state index in [9.17, 15) is 13.2 Å². The molecule has 38 heavy (non-hydrogen) atoms. The Labute approximate surface area is 224 Å². The Bertz CT molecular complexity index is 1420. The van der Waals surface area contributed by atoms with Crippen LogP contribution in [0.2, 0.25) is 5.02 Å². The maximum Gasteiger partial charge on any atom is 0.414 e. The number of benzene rings is 1. The molecule has 3 aliphatic rings. The zero-order valence-electron chi connectivity index (χ0n) is 21.6. The van der Waals surface area contributed by atoms with Gasteiger partial charge in [-0.1, -0.05) is 18.5 Å². The number of alkyl halides is 3. The van der Waals surface area contributed by atoms with E-state index in [1.54, 1.807) is 24.2 Å². The maximum absolute atomic E-state index is 13.7. The van der Waals surface area contributed by atoms with E-state index >= 15 is 0 Å². The van der Waals surface area contributed by atoms with Crippen LogP contribution in [0.4, 0.5) is 19.0 Å². The number of nitrogens with zero attached hydrogens (tertiary/aromatic N) is 7. The van der Waals surface area contributed by atoms with Crippen LogP contribution < -0.4 is 4.90 Å². The molecule has 1 aromatic carbocycles. The zero-order valence-corrected chi connectivity index (χ0v) is 22.3. The average Bonchev–Trinajstić information content (AvgIpc) is 3.13. The highest BCUT2D eigenvalue weighted by atomic mass is 35.5. The molecule has 7 nitrogen and oxygen atoms in total. The second-order valence-corrected chi connectivity index (χ2v) is 11.2. The summed E-state index contributed by atoms with van der Waals surface area (Å²) in [6.45, 7) is 7.31. The summed E-state index contributed by atoms with van der Waals surface area (Å²) >= 11 is 6.34. The molecule has 1 spiro atoms. The number of aryl methyl sites for hydroxylation is 1. The van der Waals surface area contributed by atoms with Crippen LogP contribution in [-0.2, 0) is 13.1 Å². The molecule has 11 heteroatoms. The lowest BCUT2D eigenvalue weighted by atomic mass is 9.57. The minimum absolute atomic E-state index is 0.225. The van der Waals surface area contributed by atoms with E-state index in [1.165, 1.54) is 0 Å². The van der Waals surface area contributed by atoms with E-state index < -0.39 is 11.7 Å². The molecule has 1 aliphatic carbocycles. The Balaban J connectivity index is 1.29. The van der Waals surface area contributed by atoms with Crippen molar-refractivity contribution < 1.29 is 13.2 Å². The predicted octanol–water partition coefficient (Wildman–Crippen LogP) is 5.97. The van der Waals surface area contributed by atoms with Crippen LogP contribution in [-0.4, -0.2) is 48.9 Å². The van der Waals surface area contributed by atoms with Gasteiger partial charge in [-0.2, -0.15) is 13.2 Å². The van der Waals surface area contributed by atoms with Crippen LogP contribution in [0, 0.1) is 12.3 Å². The monoisotopic (exact) mass is 543 g/mol. The number of anilines is 1. The largest absolute Gasteiger partial charge is 0.414 e. The fourth-order valence-corrected chi connectivity index (χ4v) is 6.62. The van der Waals surface area contributed by atoms with E-state index in [2.05, 4.69) is 29.6 Å². The maximum atomic E-state index is 13.7. The molecule has 200 valence electrons. The molecule has 0 radical (unpaired) electrons. The van der Waals surface area contributed by atoms with Crippen molar-refractivity contribution in [3.63, 3.8) is 0 Å². The zero-order chi connectivity index (χ0) is 26.8. The molecule has 1 saturated heterocycles. The molecular weight excluding hydrogens is 515 g/mol. The first-order valence-electron chi connectivity index (χ1n) is 12.9. The Morgan fingerprint density at radius 2 is 1.84 bits per heavy atom. The van der Waals surface area contributed by atoms with Crippen LogP contribution in [0.25, 0.3) is 5.69 Å². The molecule has 3 aromatic rings. The Kier molecular flexibility index (Phi) is 5.93. The lowest BCUT2D eigenvalue weighted by molar-refractivity contribution is -0.0938. The minimum Gasteiger partial charge on any atom is -0.363 e. The number of halogens is 4. The highest BCUT2D eigenvalue weighted by molar-refractivity contribution is 6.30. The molecule has 2 aliphatic heterocycles. The van der Waals surface area contributed by atoms with Gasteiger partial charge in [0.2, 0.25) is 0 Å².